The average molecular weight is 305 g/mol. The molecule has 9 nitrogen and oxygen atoms in total. The highest BCUT2D eigenvalue weighted by Crippen LogP contribution is 2.15. The summed E-state index contributed by atoms with van der Waals surface area (Å²) in [5.41, 5.74) is 0.453. The van der Waals surface area contributed by atoms with Gasteiger partial charge in [0.2, 0.25) is 5.78 Å². The Hall–Kier alpha value is -2.84. The fourth-order valence-electron chi connectivity index (χ4n) is 2.52. The van der Waals surface area contributed by atoms with Gasteiger partial charge in [-0.2, -0.15) is 4.98 Å². The molecule has 0 aliphatic rings. The van der Waals surface area contributed by atoms with E-state index in [2.05, 4.69) is 9.72 Å². The van der Waals surface area contributed by atoms with E-state index in [1.807, 2.05) is 0 Å². The maximum atomic E-state index is 12.4. The minimum atomic E-state index is -0.450. The van der Waals surface area contributed by atoms with Crippen LogP contribution in [0.1, 0.15) is 5.69 Å². The van der Waals surface area contributed by atoms with E-state index < -0.39 is 17.2 Å². The van der Waals surface area contributed by atoms with Gasteiger partial charge in [-0.3, -0.25) is 23.1 Å². The lowest BCUT2D eigenvalue weighted by Gasteiger charge is -2.03. The van der Waals surface area contributed by atoms with Crippen LogP contribution in [0.4, 0.5) is 0 Å². The summed E-state index contributed by atoms with van der Waals surface area (Å²) >= 11 is 0. The molecule has 3 heterocycles. The van der Waals surface area contributed by atoms with E-state index in [0.717, 1.165) is 10.3 Å². The molecule has 0 N–H and O–H groups in total. The number of hydrogen-bond donors (Lipinski definition) is 0. The van der Waals surface area contributed by atoms with Gasteiger partial charge in [0.05, 0.1) is 7.11 Å². The van der Waals surface area contributed by atoms with Crippen molar-refractivity contribution in [1.29, 1.82) is 0 Å². The fourth-order valence-corrected chi connectivity index (χ4v) is 2.52. The molecule has 3 rings (SSSR count). The molecule has 0 unspecified atom stereocenters. The molecule has 0 aromatic carbocycles. The minimum Gasteiger partial charge on any atom is -0.468 e. The zero-order valence-electron chi connectivity index (χ0n) is 12.7. The third-order valence-electron chi connectivity index (χ3n) is 3.77. The second-order valence-corrected chi connectivity index (χ2v) is 5.09. The van der Waals surface area contributed by atoms with Gasteiger partial charge in [0.1, 0.15) is 6.54 Å². The Morgan fingerprint density at radius 3 is 2.59 bits per heavy atom. The van der Waals surface area contributed by atoms with E-state index in [1.165, 1.54) is 18.7 Å². The minimum absolute atomic E-state index is 0.0174. The number of esters is 1. The first-order valence-corrected chi connectivity index (χ1v) is 6.57. The number of fused-ring (bicyclic) bond motifs is 3. The van der Waals surface area contributed by atoms with E-state index >= 15 is 0 Å². The third kappa shape index (κ3) is 1.71. The molecular formula is C13H15N5O4. The van der Waals surface area contributed by atoms with Crippen LogP contribution in [0.15, 0.2) is 15.8 Å². The van der Waals surface area contributed by atoms with Crippen LogP contribution in [0.3, 0.4) is 0 Å². The number of nitrogens with zero attached hydrogens (tertiary/aromatic N) is 5. The third-order valence-corrected chi connectivity index (χ3v) is 3.77. The monoisotopic (exact) mass is 305 g/mol. The standard InChI is InChI=1S/C13H15N5O4/c1-7-5-18-9-10(15(2)13(21)16(3)11(9)20)14-12(18)17(7)6-8(19)22-4/h5H,6H2,1-4H3. The quantitative estimate of drug-likeness (QED) is 0.576. The molecule has 0 saturated heterocycles. The van der Waals surface area contributed by atoms with Gasteiger partial charge >= 0.3 is 11.7 Å². The van der Waals surface area contributed by atoms with E-state index in [0.29, 0.717) is 11.3 Å². The number of methoxy groups -OCH3 is 1. The van der Waals surface area contributed by atoms with Gasteiger partial charge in [-0.1, -0.05) is 0 Å². The maximum Gasteiger partial charge on any atom is 0.332 e. The first-order chi connectivity index (χ1) is 10.4. The second-order valence-electron chi connectivity index (χ2n) is 5.09. The van der Waals surface area contributed by atoms with Crippen molar-refractivity contribution >= 4 is 22.9 Å². The SMILES string of the molecule is COC(=O)Cn1c(C)cn2c3c(=O)n(C)c(=O)n(C)c3nc12. The lowest BCUT2D eigenvalue weighted by molar-refractivity contribution is -0.141. The highest BCUT2D eigenvalue weighted by molar-refractivity contribution is 5.77. The van der Waals surface area contributed by atoms with Crippen LogP contribution in [0, 0.1) is 6.92 Å². The van der Waals surface area contributed by atoms with E-state index in [1.54, 1.807) is 29.1 Å². The molecule has 0 radical (unpaired) electrons. The Morgan fingerprint density at radius 1 is 1.27 bits per heavy atom. The van der Waals surface area contributed by atoms with Crippen molar-refractivity contribution in [2.24, 2.45) is 14.1 Å². The molecule has 0 bridgehead atoms. The first kappa shape index (κ1) is 14.1. The summed E-state index contributed by atoms with van der Waals surface area (Å²) in [6, 6.07) is 0. The summed E-state index contributed by atoms with van der Waals surface area (Å²) in [4.78, 5) is 40.2. The molecule has 0 aliphatic carbocycles. The lowest BCUT2D eigenvalue weighted by Crippen LogP contribution is -2.37. The zero-order valence-corrected chi connectivity index (χ0v) is 12.7. The van der Waals surface area contributed by atoms with Gasteiger partial charge < -0.3 is 9.30 Å². The second kappa shape index (κ2) is 4.58. The number of hydrogen-bond acceptors (Lipinski definition) is 5. The van der Waals surface area contributed by atoms with Crippen molar-refractivity contribution in [3.63, 3.8) is 0 Å². The molecule has 0 aliphatic heterocycles. The van der Waals surface area contributed by atoms with Crippen LogP contribution < -0.4 is 11.2 Å². The predicted molar refractivity (Wildman–Crippen MR) is 77.9 cm³/mol. The molecule has 9 heteroatoms. The molecule has 3 aromatic heterocycles. The Kier molecular flexibility index (Phi) is 2.94. The molecule has 0 saturated carbocycles. The van der Waals surface area contributed by atoms with Gasteiger partial charge in [-0.25, -0.2) is 4.79 Å². The number of rotatable bonds is 2. The number of imidazole rings is 2. The summed E-state index contributed by atoms with van der Waals surface area (Å²) < 4.78 is 10.2. The Bertz CT molecular complexity index is 1030. The van der Waals surface area contributed by atoms with Crippen LogP contribution in [0.2, 0.25) is 0 Å². The first-order valence-electron chi connectivity index (χ1n) is 6.57. The smallest absolute Gasteiger partial charge is 0.332 e. The molecule has 3 aromatic rings. The van der Waals surface area contributed by atoms with Crippen LogP contribution in [-0.4, -0.2) is 36.2 Å². The fraction of sp³-hybridized carbons (Fsp3) is 0.385. The van der Waals surface area contributed by atoms with Crippen molar-refractivity contribution in [1.82, 2.24) is 23.1 Å². The number of carbonyl (C=O) groups excluding carboxylic acids is 1. The number of ether oxygens (including phenoxy) is 1. The molecule has 0 fully saturated rings. The summed E-state index contributed by atoms with van der Waals surface area (Å²) in [5, 5.41) is 0. The van der Waals surface area contributed by atoms with Crippen molar-refractivity contribution in [2.45, 2.75) is 13.5 Å². The van der Waals surface area contributed by atoms with Crippen LogP contribution in [-0.2, 0) is 30.2 Å². The Morgan fingerprint density at radius 2 is 1.95 bits per heavy atom. The molecule has 116 valence electrons. The van der Waals surface area contributed by atoms with Crippen molar-refractivity contribution < 1.29 is 9.53 Å². The Balaban J connectivity index is 2.45. The molecule has 0 atom stereocenters. The van der Waals surface area contributed by atoms with Crippen molar-refractivity contribution in [3.8, 4) is 0 Å². The predicted octanol–water partition coefficient (Wildman–Crippen LogP) is -0.832. The number of aromatic nitrogens is 5. The summed E-state index contributed by atoms with van der Waals surface area (Å²) in [7, 11) is 4.27. The Labute approximate surface area is 124 Å². The molecule has 0 amide bonds. The average Bonchev–Trinajstić information content (AvgIpc) is 2.99. The van der Waals surface area contributed by atoms with Gasteiger partial charge in [-0.15, -0.1) is 0 Å². The zero-order chi connectivity index (χ0) is 16.2. The molecular weight excluding hydrogens is 290 g/mol. The molecule has 0 spiro atoms. The van der Waals surface area contributed by atoms with Gasteiger partial charge in [-0.05, 0) is 6.92 Å². The number of aryl methyl sites for hydroxylation is 2. The number of carbonyl (C=O) groups is 1. The van der Waals surface area contributed by atoms with E-state index in [9.17, 15) is 14.4 Å². The normalized spacial score (nSPS) is 11.5. The van der Waals surface area contributed by atoms with Gasteiger partial charge in [0.25, 0.3) is 5.56 Å². The van der Waals surface area contributed by atoms with Crippen LogP contribution >= 0.6 is 0 Å². The highest BCUT2D eigenvalue weighted by Gasteiger charge is 2.19. The van der Waals surface area contributed by atoms with E-state index in [-0.39, 0.29) is 12.2 Å². The highest BCUT2D eigenvalue weighted by atomic mass is 16.5. The summed E-state index contributed by atoms with van der Waals surface area (Å²) in [6.45, 7) is 1.78. The van der Waals surface area contributed by atoms with Gasteiger partial charge in [0.15, 0.2) is 11.2 Å². The lowest BCUT2D eigenvalue weighted by atomic mass is 10.5. The van der Waals surface area contributed by atoms with Crippen molar-refractivity contribution in [3.05, 3.63) is 32.7 Å². The summed E-state index contributed by atoms with van der Waals surface area (Å²) in [5.74, 6) is -0.00810. The van der Waals surface area contributed by atoms with E-state index in [4.69, 9.17) is 0 Å². The van der Waals surface area contributed by atoms with Crippen LogP contribution in [0.25, 0.3) is 16.9 Å². The van der Waals surface area contributed by atoms with Crippen LogP contribution in [0.5, 0.6) is 0 Å². The largest absolute Gasteiger partial charge is 0.468 e. The maximum absolute atomic E-state index is 12.4. The topological polar surface area (TPSA) is 92.5 Å². The summed E-state index contributed by atoms with van der Waals surface area (Å²) in [6.07, 6.45) is 1.71. The molecule has 22 heavy (non-hydrogen) atoms. The van der Waals surface area contributed by atoms with Crippen molar-refractivity contribution in [2.75, 3.05) is 7.11 Å². The van der Waals surface area contributed by atoms with Gasteiger partial charge in [0, 0.05) is 26.0 Å².